The van der Waals surface area contributed by atoms with Gasteiger partial charge in [-0.3, -0.25) is 14.9 Å². The zero-order valence-electron chi connectivity index (χ0n) is 15.4. The molecule has 0 aliphatic heterocycles. The third kappa shape index (κ3) is 5.40. The molecule has 0 fully saturated rings. The van der Waals surface area contributed by atoms with Crippen molar-refractivity contribution >= 4 is 28.3 Å². The van der Waals surface area contributed by atoms with Crippen molar-refractivity contribution in [3.8, 4) is 5.75 Å². The van der Waals surface area contributed by atoms with Crippen LogP contribution in [0.1, 0.15) is 28.5 Å². The summed E-state index contributed by atoms with van der Waals surface area (Å²) in [5, 5.41) is 4.95. The molecule has 0 saturated heterocycles. The van der Waals surface area contributed by atoms with Gasteiger partial charge in [0.1, 0.15) is 12.4 Å². The molecule has 0 bridgehead atoms. The number of ether oxygens (including phenoxy) is 2. The van der Waals surface area contributed by atoms with Gasteiger partial charge in [0.05, 0.1) is 18.7 Å². The Morgan fingerprint density at radius 2 is 1.82 bits per heavy atom. The van der Waals surface area contributed by atoms with Crippen LogP contribution >= 0.6 is 11.3 Å². The second-order valence-electron chi connectivity index (χ2n) is 5.84. The van der Waals surface area contributed by atoms with E-state index in [1.807, 2.05) is 42.5 Å². The SMILES string of the molecule is CCOC(=O)Cc1csc(NC(=O)c2ccccc2COc2ccccc2)n1. The van der Waals surface area contributed by atoms with Crippen molar-refractivity contribution in [2.75, 3.05) is 11.9 Å². The maximum Gasteiger partial charge on any atom is 0.311 e. The van der Waals surface area contributed by atoms with E-state index in [1.165, 1.54) is 11.3 Å². The first-order valence-electron chi connectivity index (χ1n) is 8.83. The number of anilines is 1. The van der Waals surface area contributed by atoms with Gasteiger partial charge >= 0.3 is 5.97 Å². The molecule has 144 valence electrons. The summed E-state index contributed by atoms with van der Waals surface area (Å²) >= 11 is 1.27. The quantitative estimate of drug-likeness (QED) is 0.581. The van der Waals surface area contributed by atoms with Crippen molar-refractivity contribution < 1.29 is 19.1 Å². The number of rotatable bonds is 8. The van der Waals surface area contributed by atoms with Gasteiger partial charge in [-0.15, -0.1) is 11.3 Å². The molecule has 1 aromatic heterocycles. The molecule has 0 spiro atoms. The fourth-order valence-corrected chi connectivity index (χ4v) is 3.22. The fraction of sp³-hybridized carbons (Fsp3) is 0.190. The number of carbonyl (C=O) groups excluding carboxylic acids is 2. The molecule has 1 N–H and O–H groups in total. The molecular formula is C21H20N2O4S. The molecule has 28 heavy (non-hydrogen) atoms. The van der Waals surface area contributed by atoms with Crippen molar-refractivity contribution in [3.63, 3.8) is 0 Å². The van der Waals surface area contributed by atoms with Gasteiger partial charge in [-0.05, 0) is 25.1 Å². The molecular weight excluding hydrogens is 376 g/mol. The van der Waals surface area contributed by atoms with Crippen LogP contribution in [0.5, 0.6) is 5.75 Å². The lowest BCUT2D eigenvalue weighted by molar-refractivity contribution is -0.142. The van der Waals surface area contributed by atoms with E-state index in [4.69, 9.17) is 9.47 Å². The zero-order valence-corrected chi connectivity index (χ0v) is 16.2. The number of nitrogens with one attached hydrogen (secondary N) is 1. The van der Waals surface area contributed by atoms with E-state index in [0.717, 1.165) is 11.3 Å². The molecule has 0 unspecified atom stereocenters. The highest BCUT2D eigenvalue weighted by Crippen LogP contribution is 2.19. The number of para-hydroxylation sites is 1. The van der Waals surface area contributed by atoms with Crippen LogP contribution in [0.2, 0.25) is 0 Å². The van der Waals surface area contributed by atoms with Crippen LogP contribution in [0, 0.1) is 0 Å². The van der Waals surface area contributed by atoms with Crippen LogP contribution in [0.15, 0.2) is 60.0 Å². The summed E-state index contributed by atoms with van der Waals surface area (Å²) in [6.07, 6.45) is 0.0850. The minimum Gasteiger partial charge on any atom is -0.489 e. The van der Waals surface area contributed by atoms with Crippen molar-refractivity contribution in [1.29, 1.82) is 0 Å². The number of aromatic nitrogens is 1. The third-order valence-corrected chi connectivity index (χ3v) is 4.61. The average Bonchev–Trinajstić information content (AvgIpc) is 3.14. The van der Waals surface area contributed by atoms with E-state index >= 15 is 0 Å². The van der Waals surface area contributed by atoms with Crippen LogP contribution in [0.4, 0.5) is 5.13 Å². The van der Waals surface area contributed by atoms with Crippen molar-refractivity contribution in [2.45, 2.75) is 20.0 Å². The van der Waals surface area contributed by atoms with Gasteiger partial charge in [-0.2, -0.15) is 0 Å². The first kappa shape index (κ1) is 19.6. The Balaban J connectivity index is 1.64. The Hall–Kier alpha value is -3.19. The van der Waals surface area contributed by atoms with Crippen LogP contribution < -0.4 is 10.1 Å². The highest BCUT2D eigenvalue weighted by Gasteiger charge is 2.14. The molecule has 0 radical (unpaired) electrons. The van der Waals surface area contributed by atoms with E-state index < -0.39 is 0 Å². The van der Waals surface area contributed by atoms with E-state index in [1.54, 1.807) is 24.4 Å². The minimum atomic E-state index is -0.339. The second kappa shape index (κ2) is 9.66. The number of amides is 1. The summed E-state index contributed by atoms with van der Waals surface area (Å²) in [5.41, 5.74) is 1.85. The van der Waals surface area contributed by atoms with Crippen molar-refractivity contribution in [2.24, 2.45) is 0 Å². The van der Waals surface area contributed by atoms with Gasteiger partial charge in [0.15, 0.2) is 5.13 Å². The number of nitrogens with zero attached hydrogens (tertiary/aromatic N) is 1. The first-order chi connectivity index (χ1) is 13.7. The summed E-state index contributed by atoms with van der Waals surface area (Å²) in [5.74, 6) is 0.125. The maximum atomic E-state index is 12.7. The zero-order chi connectivity index (χ0) is 19.8. The van der Waals surface area contributed by atoms with Gasteiger partial charge < -0.3 is 9.47 Å². The highest BCUT2D eigenvalue weighted by atomic mass is 32.1. The summed E-state index contributed by atoms with van der Waals surface area (Å²) < 4.78 is 10.7. The predicted octanol–water partition coefficient (Wildman–Crippen LogP) is 4.08. The van der Waals surface area contributed by atoms with Crippen LogP contribution in [-0.4, -0.2) is 23.5 Å². The largest absolute Gasteiger partial charge is 0.489 e. The molecule has 0 saturated carbocycles. The van der Waals surface area contributed by atoms with Crippen LogP contribution in [0.25, 0.3) is 0 Å². The second-order valence-corrected chi connectivity index (χ2v) is 6.70. The van der Waals surface area contributed by atoms with Crippen molar-refractivity contribution in [3.05, 3.63) is 76.8 Å². The lowest BCUT2D eigenvalue weighted by Gasteiger charge is -2.10. The van der Waals surface area contributed by atoms with Crippen LogP contribution in [-0.2, 0) is 22.6 Å². The monoisotopic (exact) mass is 396 g/mol. The Morgan fingerprint density at radius 1 is 1.07 bits per heavy atom. The van der Waals surface area contributed by atoms with Crippen molar-refractivity contribution in [1.82, 2.24) is 4.98 Å². The van der Waals surface area contributed by atoms with Gasteiger partial charge in [-0.25, -0.2) is 4.98 Å². The standard InChI is InChI=1S/C21H20N2O4S/c1-2-26-19(24)12-16-14-28-21(22-16)23-20(25)18-11-7-6-8-15(18)13-27-17-9-4-3-5-10-17/h3-11,14H,2,12-13H2,1H3,(H,22,23,25). The number of hydrogen-bond acceptors (Lipinski definition) is 6. The lowest BCUT2D eigenvalue weighted by Crippen LogP contribution is -2.15. The Labute approximate surface area is 167 Å². The predicted molar refractivity (Wildman–Crippen MR) is 108 cm³/mol. The molecule has 0 aliphatic rings. The molecule has 2 aromatic carbocycles. The minimum absolute atomic E-state index is 0.0850. The van der Waals surface area contributed by atoms with Gasteiger partial charge in [0.2, 0.25) is 0 Å². The average molecular weight is 396 g/mol. The topological polar surface area (TPSA) is 77.5 Å². The van der Waals surface area contributed by atoms with Gasteiger partial charge in [-0.1, -0.05) is 36.4 Å². The summed E-state index contributed by atoms with van der Waals surface area (Å²) in [4.78, 5) is 28.5. The molecule has 0 atom stereocenters. The summed E-state index contributed by atoms with van der Waals surface area (Å²) in [6, 6.07) is 16.7. The molecule has 6 nitrogen and oxygen atoms in total. The molecule has 3 rings (SSSR count). The van der Waals surface area contributed by atoms with E-state index in [9.17, 15) is 9.59 Å². The van der Waals surface area contributed by atoms with Crippen LogP contribution in [0.3, 0.4) is 0 Å². The number of esters is 1. The Kier molecular flexibility index (Phi) is 6.75. The van der Waals surface area contributed by atoms with E-state index in [2.05, 4.69) is 10.3 Å². The Morgan fingerprint density at radius 3 is 2.61 bits per heavy atom. The van der Waals surface area contributed by atoms with E-state index in [-0.39, 0.29) is 24.9 Å². The number of carbonyl (C=O) groups is 2. The fourth-order valence-electron chi connectivity index (χ4n) is 2.52. The number of thiazole rings is 1. The lowest BCUT2D eigenvalue weighted by atomic mass is 10.1. The normalized spacial score (nSPS) is 10.3. The summed E-state index contributed by atoms with van der Waals surface area (Å²) in [7, 11) is 0. The number of hydrogen-bond donors (Lipinski definition) is 1. The first-order valence-corrected chi connectivity index (χ1v) is 9.71. The molecule has 1 amide bonds. The maximum absolute atomic E-state index is 12.7. The van der Waals surface area contributed by atoms with Gasteiger partial charge in [0, 0.05) is 16.5 Å². The van der Waals surface area contributed by atoms with E-state index in [0.29, 0.717) is 23.0 Å². The molecule has 0 aliphatic carbocycles. The highest BCUT2D eigenvalue weighted by molar-refractivity contribution is 7.14. The number of benzene rings is 2. The molecule has 3 aromatic rings. The molecule has 1 heterocycles. The van der Waals surface area contributed by atoms with Gasteiger partial charge in [0.25, 0.3) is 5.91 Å². The Bertz CT molecular complexity index is 940. The molecule has 7 heteroatoms. The summed E-state index contributed by atoms with van der Waals surface area (Å²) in [6.45, 7) is 2.36. The smallest absolute Gasteiger partial charge is 0.311 e. The third-order valence-electron chi connectivity index (χ3n) is 3.80.